The minimum atomic E-state index is -3.79. The Morgan fingerprint density at radius 2 is 1.88 bits per heavy atom. The van der Waals surface area contributed by atoms with E-state index in [0.29, 0.717) is 29.8 Å². The van der Waals surface area contributed by atoms with Crippen molar-refractivity contribution in [3.05, 3.63) is 53.1 Å². The largest absolute Gasteiger partial charge is 0.493 e. The van der Waals surface area contributed by atoms with E-state index in [1.807, 2.05) is 30.8 Å². The lowest BCUT2D eigenvalue weighted by Crippen LogP contribution is -2.43. The molecule has 0 aliphatic carbocycles. The molecule has 34 heavy (non-hydrogen) atoms. The van der Waals surface area contributed by atoms with Crippen molar-refractivity contribution >= 4 is 27.5 Å². The number of aryl methyl sites for hydroxylation is 1. The van der Waals surface area contributed by atoms with Gasteiger partial charge in [0.1, 0.15) is 5.75 Å². The van der Waals surface area contributed by atoms with Gasteiger partial charge in [-0.15, -0.1) is 0 Å². The molecule has 0 spiro atoms. The lowest BCUT2D eigenvalue weighted by Gasteiger charge is -2.38. The Kier molecular flexibility index (Phi) is 8.16. The van der Waals surface area contributed by atoms with Crippen molar-refractivity contribution < 1.29 is 18.3 Å². The molecule has 2 aromatic rings. The first-order valence-electron chi connectivity index (χ1n) is 12.5. The minimum absolute atomic E-state index is 0.0833. The number of benzene rings is 2. The van der Waals surface area contributed by atoms with Gasteiger partial charge in [0.25, 0.3) is 10.0 Å². The number of hydrogen-bond donors (Lipinski definition) is 1. The van der Waals surface area contributed by atoms with Crippen LogP contribution in [0.3, 0.4) is 0 Å². The molecular weight excluding hydrogens is 466 g/mol. The third kappa shape index (κ3) is 5.26. The molecule has 5 nitrogen and oxygen atoms in total. The molecule has 1 saturated heterocycles. The molecule has 1 fully saturated rings. The number of ether oxygens (including phenoxy) is 1. The summed E-state index contributed by atoms with van der Waals surface area (Å²) in [6.45, 7) is 6.70. The first-order chi connectivity index (χ1) is 16.3. The van der Waals surface area contributed by atoms with Gasteiger partial charge in [-0.3, -0.25) is 4.31 Å². The highest BCUT2D eigenvalue weighted by Gasteiger charge is 2.35. The van der Waals surface area contributed by atoms with E-state index in [0.717, 1.165) is 54.9 Å². The van der Waals surface area contributed by atoms with Crippen LogP contribution in [0.15, 0.2) is 41.3 Å². The maximum atomic E-state index is 13.9. The van der Waals surface area contributed by atoms with Gasteiger partial charge in [-0.05, 0) is 90.8 Å². The molecule has 1 N–H and O–H groups in total. The Labute approximate surface area is 209 Å². The smallest absolute Gasteiger partial charge is 0.264 e. The molecule has 7 heteroatoms. The number of anilines is 1. The summed E-state index contributed by atoms with van der Waals surface area (Å²) in [6.07, 6.45) is 4.71. The molecule has 0 amide bonds. The van der Waals surface area contributed by atoms with E-state index in [1.54, 1.807) is 22.5 Å². The molecule has 4 rings (SSSR count). The maximum absolute atomic E-state index is 13.9. The van der Waals surface area contributed by atoms with Gasteiger partial charge in [0, 0.05) is 11.6 Å². The fourth-order valence-electron chi connectivity index (χ4n) is 4.93. The Morgan fingerprint density at radius 3 is 2.56 bits per heavy atom. The predicted molar refractivity (Wildman–Crippen MR) is 141 cm³/mol. The van der Waals surface area contributed by atoms with Gasteiger partial charge in [0.15, 0.2) is 0 Å². The number of hydrogen-bond acceptors (Lipinski definition) is 5. The van der Waals surface area contributed by atoms with Crippen molar-refractivity contribution in [3.63, 3.8) is 0 Å². The first kappa shape index (κ1) is 25.4. The van der Waals surface area contributed by atoms with Crippen molar-refractivity contribution in [2.24, 2.45) is 5.92 Å². The van der Waals surface area contributed by atoms with Crippen LogP contribution in [0.4, 0.5) is 5.69 Å². The minimum Gasteiger partial charge on any atom is -0.493 e. The molecule has 0 unspecified atom stereocenters. The SMILES string of the molecule is CC[C@@H]1CCc2cc(C(C)C)ccc2N1S(=O)(=O)c1ccc(OCC2CCSCC2)c(CO)c1. The van der Waals surface area contributed by atoms with Crippen LogP contribution in [0.1, 0.15) is 69.1 Å². The highest BCUT2D eigenvalue weighted by Crippen LogP contribution is 2.38. The van der Waals surface area contributed by atoms with E-state index >= 15 is 0 Å². The average molecular weight is 504 g/mol. The summed E-state index contributed by atoms with van der Waals surface area (Å²) in [4.78, 5) is 0.206. The van der Waals surface area contributed by atoms with E-state index in [1.165, 1.54) is 5.56 Å². The van der Waals surface area contributed by atoms with Crippen molar-refractivity contribution in [3.8, 4) is 5.75 Å². The Balaban J connectivity index is 1.64. The van der Waals surface area contributed by atoms with Crippen molar-refractivity contribution in [2.45, 2.75) is 76.3 Å². The van der Waals surface area contributed by atoms with Crippen LogP contribution in [-0.4, -0.2) is 37.7 Å². The lowest BCUT2D eigenvalue weighted by atomic mass is 9.92. The molecule has 2 aromatic carbocycles. The van der Waals surface area contributed by atoms with Gasteiger partial charge in [-0.25, -0.2) is 8.42 Å². The quantitative estimate of drug-likeness (QED) is 0.497. The van der Waals surface area contributed by atoms with Crippen LogP contribution in [0.25, 0.3) is 0 Å². The first-order valence-corrected chi connectivity index (χ1v) is 15.1. The highest BCUT2D eigenvalue weighted by atomic mass is 32.2. The lowest BCUT2D eigenvalue weighted by molar-refractivity contribution is 0.226. The average Bonchev–Trinajstić information content (AvgIpc) is 2.86. The van der Waals surface area contributed by atoms with Crippen LogP contribution in [0.5, 0.6) is 5.75 Å². The van der Waals surface area contributed by atoms with Gasteiger partial charge in [-0.2, -0.15) is 11.8 Å². The Hall–Kier alpha value is -1.70. The normalized spacial score (nSPS) is 19.3. The number of aliphatic hydroxyl groups is 1. The zero-order valence-electron chi connectivity index (χ0n) is 20.5. The third-order valence-corrected chi connectivity index (χ3v) is 10.0. The second kappa shape index (κ2) is 10.9. The zero-order chi connectivity index (χ0) is 24.3. The number of thioether (sulfide) groups is 1. The molecule has 2 aliphatic heterocycles. The zero-order valence-corrected chi connectivity index (χ0v) is 22.1. The van der Waals surface area contributed by atoms with Crippen LogP contribution < -0.4 is 9.04 Å². The molecule has 2 heterocycles. The van der Waals surface area contributed by atoms with E-state index < -0.39 is 10.0 Å². The number of fused-ring (bicyclic) bond motifs is 1. The van der Waals surface area contributed by atoms with Crippen LogP contribution in [0, 0.1) is 5.92 Å². The van der Waals surface area contributed by atoms with Crippen LogP contribution in [0.2, 0.25) is 0 Å². The Morgan fingerprint density at radius 1 is 1.12 bits per heavy atom. The monoisotopic (exact) mass is 503 g/mol. The molecule has 0 saturated carbocycles. The summed E-state index contributed by atoms with van der Waals surface area (Å²) in [5, 5.41) is 10.0. The van der Waals surface area contributed by atoms with Gasteiger partial charge < -0.3 is 9.84 Å². The standard InChI is InChI=1S/C27H37NO4S2/c1-4-24-7-5-22-15-21(19(2)3)6-9-26(22)28(24)34(30,31)25-8-10-27(23(16-25)17-29)32-18-20-11-13-33-14-12-20/h6,8-10,15-16,19-20,24,29H,4-5,7,11-14,17-18H2,1-3H3/t24-/m1/s1. The summed E-state index contributed by atoms with van der Waals surface area (Å²) >= 11 is 1.98. The fourth-order valence-corrected chi connectivity index (χ4v) is 7.97. The van der Waals surface area contributed by atoms with Crippen molar-refractivity contribution in [2.75, 3.05) is 22.4 Å². The summed E-state index contributed by atoms with van der Waals surface area (Å²) in [7, 11) is -3.79. The molecule has 2 aliphatic rings. The second-order valence-corrected chi connectivity index (χ2v) is 12.8. The van der Waals surface area contributed by atoms with Crippen molar-refractivity contribution in [1.82, 2.24) is 0 Å². The topological polar surface area (TPSA) is 66.8 Å². The molecule has 0 radical (unpaired) electrons. The van der Waals surface area contributed by atoms with Crippen LogP contribution >= 0.6 is 11.8 Å². The van der Waals surface area contributed by atoms with Crippen molar-refractivity contribution in [1.29, 1.82) is 0 Å². The number of rotatable bonds is 8. The molecule has 1 atom stereocenters. The van der Waals surface area contributed by atoms with Gasteiger partial charge in [-0.1, -0.05) is 32.9 Å². The van der Waals surface area contributed by atoms with E-state index in [4.69, 9.17) is 4.74 Å². The predicted octanol–water partition coefficient (Wildman–Crippen LogP) is 5.74. The number of nitrogens with zero attached hydrogens (tertiary/aromatic N) is 1. The maximum Gasteiger partial charge on any atom is 0.264 e. The second-order valence-electron chi connectivity index (χ2n) is 9.74. The number of aliphatic hydroxyl groups excluding tert-OH is 1. The van der Waals surface area contributed by atoms with Gasteiger partial charge in [0.2, 0.25) is 0 Å². The summed E-state index contributed by atoms with van der Waals surface area (Å²) in [6, 6.07) is 11.0. The summed E-state index contributed by atoms with van der Waals surface area (Å²) in [5.41, 5.74) is 3.62. The van der Waals surface area contributed by atoms with Crippen LogP contribution in [-0.2, 0) is 23.1 Å². The molecule has 0 aromatic heterocycles. The Bertz CT molecular complexity index is 1090. The van der Waals surface area contributed by atoms with E-state index in [9.17, 15) is 13.5 Å². The van der Waals surface area contributed by atoms with Gasteiger partial charge >= 0.3 is 0 Å². The molecular formula is C27H37NO4S2. The molecule has 186 valence electrons. The number of sulfonamides is 1. The van der Waals surface area contributed by atoms with E-state index in [2.05, 4.69) is 19.9 Å². The fraction of sp³-hybridized carbons (Fsp3) is 0.556. The third-order valence-electron chi connectivity index (χ3n) is 7.13. The van der Waals surface area contributed by atoms with Gasteiger partial charge in [0.05, 0.1) is 23.8 Å². The van der Waals surface area contributed by atoms with E-state index in [-0.39, 0.29) is 17.5 Å². The highest BCUT2D eigenvalue weighted by molar-refractivity contribution is 7.99. The molecule has 0 bridgehead atoms. The summed E-state index contributed by atoms with van der Waals surface area (Å²) < 4.78 is 35.5. The summed E-state index contributed by atoms with van der Waals surface area (Å²) in [5.74, 6) is 3.81.